The molecule has 3 rings (SSSR count). The Labute approximate surface area is 110 Å². The molecule has 3 aromatic rings. The van der Waals surface area contributed by atoms with Crippen molar-refractivity contribution < 1.29 is 4.52 Å². The van der Waals surface area contributed by atoms with Crippen LogP contribution in [0.3, 0.4) is 0 Å². The number of hydrogen-bond donors (Lipinski definition) is 1. The molecule has 0 aliphatic heterocycles. The Morgan fingerprint density at radius 3 is 2.68 bits per heavy atom. The average Bonchev–Trinajstić information content (AvgIpc) is 2.98. The van der Waals surface area contributed by atoms with E-state index in [-0.39, 0.29) is 0 Å². The Kier molecular flexibility index (Phi) is 2.87. The molecule has 0 amide bonds. The molecule has 0 aliphatic rings. The fourth-order valence-electron chi connectivity index (χ4n) is 2.07. The molecule has 0 saturated heterocycles. The van der Waals surface area contributed by atoms with Crippen LogP contribution in [0.2, 0.25) is 0 Å². The van der Waals surface area contributed by atoms with E-state index in [9.17, 15) is 0 Å². The van der Waals surface area contributed by atoms with E-state index < -0.39 is 0 Å². The summed E-state index contributed by atoms with van der Waals surface area (Å²) in [6.07, 6.45) is 1.62. The minimum absolute atomic E-state index is 0.565. The number of aromatic nitrogens is 1. The largest absolute Gasteiger partial charge is 0.377 e. The van der Waals surface area contributed by atoms with Crippen molar-refractivity contribution in [2.24, 2.45) is 0 Å². The minimum atomic E-state index is 0.565. The molecule has 0 radical (unpaired) electrons. The Morgan fingerprint density at radius 1 is 1.11 bits per heavy atom. The van der Waals surface area contributed by atoms with Crippen LogP contribution in [0.1, 0.15) is 11.3 Å². The second kappa shape index (κ2) is 4.83. The first-order valence-corrected chi connectivity index (χ1v) is 5.94. The molecule has 0 aliphatic carbocycles. The van der Waals surface area contributed by atoms with Crippen molar-refractivity contribution in [1.82, 2.24) is 5.16 Å². The molecule has 0 bridgehead atoms. The lowest BCUT2D eigenvalue weighted by Crippen LogP contribution is -1.99. The van der Waals surface area contributed by atoms with Gasteiger partial charge in [0.1, 0.15) is 0 Å². The van der Waals surface area contributed by atoms with Gasteiger partial charge in [-0.1, -0.05) is 29.4 Å². The first-order chi connectivity index (χ1) is 9.38. The van der Waals surface area contributed by atoms with Crippen molar-refractivity contribution in [2.45, 2.75) is 6.54 Å². The smallest absolute Gasteiger partial charge is 0.155 e. The zero-order valence-corrected chi connectivity index (χ0v) is 10.1. The summed E-state index contributed by atoms with van der Waals surface area (Å²) in [7, 11) is 0. The van der Waals surface area contributed by atoms with Crippen LogP contribution >= 0.6 is 0 Å². The Balaban J connectivity index is 1.98. The zero-order valence-electron chi connectivity index (χ0n) is 10.1. The van der Waals surface area contributed by atoms with Crippen molar-refractivity contribution in [3.63, 3.8) is 0 Å². The summed E-state index contributed by atoms with van der Waals surface area (Å²) in [6, 6.07) is 15.6. The Bertz CT molecular complexity index is 742. The lowest BCUT2D eigenvalue weighted by Gasteiger charge is -2.09. The van der Waals surface area contributed by atoms with Gasteiger partial charge in [0, 0.05) is 22.5 Å². The van der Waals surface area contributed by atoms with Gasteiger partial charge >= 0.3 is 0 Å². The normalized spacial score (nSPS) is 10.3. The highest BCUT2D eigenvalue weighted by Crippen LogP contribution is 2.26. The molecule has 0 fully saturated rings. The van der Waals surface area contributed by atoms with Gasteiger partial charge in [0.15, 0.2) is 5.76 Å². The first kappa shape index (κ1) is 11.3. The van der Waals surface area contributed by atoms with E-state index in [1.54, 1.807) is 6.20 Å². The molecule has 19 heavy (non-hydrogen) atoms. The van der Waals surface area contributed by atoms with E-state index >= 15 is 0 Å². The topological polar surface area (TPSA) is 61.9 Å². The van der Waals surface area contributed by atoms with Crippen LogP contribution in [0.4, 0.5) is 5.69 Å². The lowest BCUT2D eigenvalue weighted by atomic mass is 10.0. The van der Waals surface area contributed by atoms with E-state index in [0.717, 1.165) is 22.2 Å². The van der Waals surface area contributed by atoms with Crippen LogP contribution in [0.25, 0.3) is 10.8 Å². The molecule has 92 valence electrons. The number of hydrogen-bond acceptors (Lipinski definition) is 4. The molecule has 1 N–H and O–H groups in total. The van der Waals surface area contributed by atoms with Gasteiger partial charge < -0.3 is 9.84 Å². The highest BCUT2D eigenvalue weighted by Gasteiger charge is 2.05. The predicted octanol–water partition coefficient (Wildman–Crippen LogP) is 3.31. The monoisotopic (exact) mass is 249 g/mol. The second-order valence-electron chi connectivity index (χ2n) is 4.15. The van der Waals surface area contributed by atoms with Crippen LogP contribution in [0, 0.1) is 11.3 Å². The standard InChI is InChI=1S/C15H11N3O/c16-9-11-5-6-15(14-4-2-1-3-13(11)14)17-10-12-7-8-18-19-12/h1-8,17H,10H2. The van der Waals surface area contributed by atoms with Gasteiger partial charge in [-0.05, 0) is 12.1 Å². The number of nitriles is 1. The first-order valence-electron chi connectivity index (χ1n) is 5.94. The number of rotatable bonds is 3. The van der Waals surface area contributed by atoms with Gasteiger partial charge in [-0.2, -0.15) is 5.26 Å². The van der Waals surface area contributed by atoms with E-state index in [1.165, 1.54) is 0 Å². The number of fused-ring (bicyclic) bond motifs is 1. The predicted molar refractivity (Wildman–Crippen MR) is 72.5 cm³/mol. The molecule has 0 atom stereocenters. The van der Waals surface area contributed by atoms with Crippen molar-refractivity contribution >= 4 is 16.5 Å². The van der Waals surface area contributed by atoms with Crippen molar-refractivity contribution in [3.8, 4) is 6.07 Å². The number of anilines is 1. The molecule has 0 spiro atoms. The van der Waals surface area contributed by atoms with Crippen molar-refractivity contribution in [1.29, 1.82) is 5.26 Å². The molecular formula is C15H11N3O. The third-order valence-electron chi connectivity index (χ3n) is 2.99. The van der Waals surface area contributed by atoms with E-state index in [4.69, 9.17) is 9.78 Å². The highest BCUT2D eigenvalue weighted by atomic mass is 16.5. The van der Waals surface area contributed by atoms with Crippen LogP contribution in [-0.2, 0) is 6.54 Å². The average molecular weight is 249 g/mol. The van der Waals surface area contributed by atoms with E-state index in [0.29, 0.717) is 12.1 Å². The molecule has 1 aromatic heterocycles. The maximum absolute atomic E-state index is 9.11. The summed E-state index contributed by atoms with van der Waals surface area (Å²) >= 11 is 0. The SMILES string of the molecule is N#Cc1ccc(NCc2ccno2)c2ccccc12. The number of nitrogens with zero attached hydrogens (tertiary/aromatic N) is 2. The molecule has 1 heterocycles. The van der Waals surface area contributed by atoms with Crippen LogP contribution in [0.15, 0.2) is 53.2 Å². The summed E-state index contributed by atoms with van der Waals surface area (Å²) < 4.78 is 5.05. The summed E-state index contributed by atoms with van der Waals surface area (Å²) in [5, 5.41) is 18.1. The molecule has 0 unspecified atom stereocenters. The van der Waals surface area contributed by atoms with Gasteiger partial charge in [0.2, 0.25) is 0 Å². The maximum atomic E-state index is 9.11. The van der Waals surface area contributed by atoms with Gasteiger partial charge in [-0.15, -0.1) is 0 Å². The summed E-state index contributed by atoms with van der Waals surface area (Å²) in [6.45, 7) is 0.565. The molecule has 4 nitrogen and oxygen atoms in total. The molecular weight excluding hydrogens is 238 g/mol. The Morgan fingerprint density at radius 2 is 1.95 bits per heavy atom. The van der Waals surface area contributed by atoms with Gasteiger partial charge in [0.25, 0.3) is 0 Å². The highest BCUT2D eigenvalue weighted by molar-refractivity contribution is 5.97. The number of nitrogens with one attached hydrogen (secondary N) is 1. The summed E-state index contributed by atoms with van der Waals surface area (Å²) in [5.74, 6) is 0.772. The number of benzene rings is 2. The van der Waals surface area contributed by atoms with Crippen molar-refractivity contribution in [2.75, 3.05) is 5.32 Å². The zero-order chi connectivity index (χ0) is 13.1. The fourth-order valence-corrected chi connectivity index (χ4v) is 2.07. The molecule has 4 heteroatoms. The Hall–Kier alpha value is -2.80. The third-order valence-corrected chi connectivity index (χ3v) is 2.99. The summed E-state index contributed by atoms with van der Waals surface area (Å²) in [4.78, 5) is 0. The van der Waals surface area contributed by atoms with Crippen LogP contribution in [-0.4, -0.2) is 5.16 Å². The van der Waals surface area contributed by atoms with Gasteiger partial charge in [-0.3, -0.25) is 0 Å². The van der Waals surface area contributed by atoms with E-state index in [1.807, 2.05) is 42.5 Å². The van der Waals surface area contributed by atoms with Crippen LogP contribution in [0.5, 0.6) is 0 Å². The second-order valence-corrected chi connectivity index (χ2v) is 4.15. The summed E-state index contributed by atoms with van der Waals surface area (Å²) in [5.41, 5.74) is 1.66. The van der Waals surface area contributed by atoms with E-state index in [2.05, 4.69) is 16.5 Å². The van der Waals surface area contributed by atoms with Crippen LogP contribution < -0.4 is 5.32 Å². The van der Waals surface area contributed by atoms with Crippen molar-refractivity contribution in [3.05, 3.63) is 60.0 Å². The third kappa shape index (κ3) is 2.14. The minimum Gasteiger partial charge on any atom is -0.377 e. The fraction of sp³-hybridized carbons (Fsp3) is 0.0667. The lowest BCUT2D eigenvalue weighted by molar-refractivity contribution is 0.388. The maximum Gasteiger partial charge on any atom is 0.155 e. The van der Waals surface area contributed by atoms with Gasteiger partial charge in [0.05, 0.1) is 24.4 Å². The quantitative estimate of drug-likeness (QED) is 0.773. The molecule has 0 saturated carbocycles. The molecule has 2 aromatic carbocycles. The van der Waals surface area contributed by atoms with Gasteiger partial charge in [-0.25, -0.2) is 0 Å².